The molecule has 0 aromatic carbocycles. The van der Waals surface area contributed by atoms with E-state index in [1.165, 1.54) is 0 Å². The quantitative estimate of drug-likeness (QED) is 0.657. The first-order chi connectivity index (χ1) is 9.64. The monoisotopic (exact) mass is 276 g/mol. The SMILES string of the molecule is CCCC1(c2nc3nc(N)[nH]c(=O)c3[nH]2)CCNCC1. The van der Waals surface area contributed by atoms with Gasteiger partial charge in [0.25, 0.3) is 5.56 Å². The Labute approximate surface area is 116 Å². The first kappa shape index (κ1) is 13.1. The van der Waals surface area contributed by atoms with Crippen molar-refractivity contribution in [2.75, 3.05) is 18.8 Å². The summed E-state index contributed by atoms with van der Waals surface area (Å²) in [5.41, 5.74) is 6.16. The molecule has 0 spiro atoms. The maximum atomic E-state index is 11.9. The van der Waals surface area contributed by atoms with Crippen LogP contribution in [0.3, 0.4) is 0 Å². The van der Waals surface area contributed by atoms with Gasteiger partial charge in [-0.05, 0) is 32.4 Å². The van der Waals surface area contributed by atoms with E-state index in [1.807, 2.05) is 0 Å². The molecule has 0 unspecified atom stereocenters. The van der Waals surface area contributed by atoms with Gasteiger partial charge in [-0.1, -0.05) is 13.3 Å². The van der Waals surface area contributed by atoms with Crippen molar-refractivity contribution in [3.05, 3.63) is 16.2 Å². The minimum absolute atomic E-state index is 0.0158. The highest BCUT2D eigenvalue weighted by Gasteiger charge is 2.36. The number of hydrogen-bond donors (Lipinski definition) is 4. The van der Waals surface area contributed by atoms with Crippen molar-refractivity contribution in [3.63, 3.8) is 0 Å². The smallest absolute Gasteiger partial charge is 0.278 e. The molecule has 0 bridgehead atoms. The molecule has 1 aliphatic rings. The maximum Gasteiger partial charge on any atom is 0.278 e. The van der Waals surface area contributed by atoms with Crippen LogP contribution in [0.25, 0.3) is 11.2 Å². The van der Waals surface area contributed by atoms with Crippen LogP contribution < -0.4 is 16.6 Å². The number of fused-ring (bicyclic) bond motifs is 1. The van der Waals surface area contributed by atoms with E-state index in [9.17, 15) is 4.79 Å². The van der Waals surface area contributed by atoms with Gasteiger partial charge in [0, 0.05) is 5.41 Å². The first-order valence-corrected chi connectivity index (χ1v) is 7.11. The molecule has 2 aromatic rings. The molecule has 0 saturated carbocycles. The lowest BCUT2D eigenvalue weighted by Crippen LogP contribution is -2.40. The minimum Gasteiger partial charge on any atom is -0.369 e. The van der Waals surface area contributed by atoms with Crippen molar-refractivity contribution in [2.45, 2.75) is 38.0 Å². The van der Waals surface area contributed by atoms with E-state index < -0.39 is 0 Å². The van der Waals surface area contributed by atoms with E-state index in [-0.39, 0.29) is 16.9 Å². The van der Waals surface area contributed by atoms with Gasteiger partial charge in [-0.15, -0.1) is 0 Å². The summed E-state index contributed by atoms with van der Waals surface area (Å²) in [7, 11) is 0. The molecule has 2 aromatic heterocycles. The number of anilines is 1. The molecule has 0 radical (unpaired) electrons. The molecule has 7 heteroatoms. The molecule has 20 heavy (non-hydrogen) atoms. The van der Waals surface area contributed by atoms with Crippen LogP contribution in [0, 0.1) is 0 Å². The van der Waals surface area contributed by atoms with Crippen LogP contribution in [0.2, 0.25) is 0 Å². The second-order valence-corrected chi connectivity index (χ2v) is 5.52. The highest BCUT2D eigenvalue weighted by atomic mass is 16.1. The second-order valence-electron chi connectivity index (χ2n) is 5.52. The first-order valence-electron chi connectivity index (χ1n) is 7.11. The molecule has 0 atom stereocenters. The van der Waals surface area contributed by atoms with Crippen molar-refractivity contribution in [1.29, 1.82) is 0 Å². The van der Waals surface area contributed by atoms with Gasteiger partial charge in [-0.2, -0.15) is 4.98 Å². The third kappa shape index (κ3) is 2.07. The van der Waals surface area contributed by atoms with Gasteiger partial charge in [0.2, 0.25) is 5.95 Å². The number of nitrogens with zero attached hydrogens (tertiary/aromatic N) is 2. The van der Waals surface area contributed by atoms with Crippen LogP contribution in [0.1, 0.15) is 38.4 Å². The Bertz CT molecular complexity index is 662. The van der Waals surface area contributed by atoms with Crippen molar-refractivity contribution >= 4 is 17.1 Å². The normalized spacial score (nSPS) is 18.4. The number of imidazole rings is 1. The number of H-pyrrole nitrogens is 2. The summed E-state index contributed by atoms with van der Waals surface area (Å²) >= 11 is 0. The van der Waals surface area contributed by atoms with Gasteiger partial charge >= 0.3 is 0 Å². The number of nitrogen functional groups attached to an aromatic ring is 1. The van der Waals surface area contributed by atoms with E-state index in [4.69, 9.17) is 5.73 Å². The van der Waals surface area contributed by atoms with Gasteiger partial charge in [0.05, 0.1) is 0 Å². The number of hydrogen-bond acceptors (Lipinski definition) is 5. The van der Waals surface area contributed by atoms with Crippen molar-refractivity contribution in [1.82, 2.24) is 25.3 Å². The van der Waals surface area contributed by atoms with Gasteiger partial charge in [-0.3, -0.25) is 9.78 Å². The molecule has 3 rings (SSSR count). The largest absolute Gasteiger partial charge is 0.369 e. The predicted molar refractivity (Wildman–Crippen MR) is 77.6 cm³/mol. The van der Waals surface area contributed by atoms with Crippen LogP contribution in [0.15, 0.2) is 4.79 Å². The summed E-state index contributed by atoms with van der Waals surface area (Å²) in [6, 6.07) is 0. The molecule has 7 nitrogen and oxygen atoms in total. The third-order valence-corrected chi connectivity index (χ3v) is 4.17. The Morgan fingerprint density at radius 1 is 1.25 bits per heavy atom. The zero-order valence-electron chi connectivity index (χ0n) is 11.6. The molecule has 5 N–H and O–H groups in total. The summed E-state index contributed by atoms with van der Waals surface area (Å²) < 4.78 is 0. The number of nitrogens with one attached hydrogen (secondary N) is 3. The molecular weight excluding hydrogens is 256 g/mol. The number of aromatic nitrogens is 4. The Morgan fingerprint density at radius 2 is 2.00 bits per heavy atom. The Morgan fingerprint density at radius 3 is 2.70 bits per heavy atom. The standard InChI is InChI=1S/C13H20N6O/c1-2-3-13(4-6-15-7-5-13)11-16-8-9(17-11)18-12(14)19-10(8)20/h15H,2-7H2,1H3,(H4,14,16,17,18,19,20). The minimum atomic E-state index is -0.258. The molecule has 1 aliphatic heterocycles. The van der Waals surface area contributed by atoms with Gasteiger partial charge in [0.1, 0.15) is 5.82 Å². The molecule has 3 heterocycles. The number of nitrogens with two attached hydrogens (primary N) is 1. The zero-order chi connectivity index (χ0) is 14.2. The Balaban J connectivity index is 2.11. The van der Waals surface area contributed by atoms with Crippen LogP contribution in [0.5, 0.6) is 0 Å². The van der Waals surface area contributed by atoms with Crippen LogP contribution in [-0.4, -0.2) is 33.0 Å². The molecule has 1 fully saturated rings. The van der Waals surface area contributed by atoms with Crippen molar-refractivity contribution in [3.8, 4) is 0 Å². The molecule has 108 valence electrons. The third-order valence-electron chi connectivity index (χ3n) is 4.17. The highest BCUT2D eigenvalue weighted by molar-refractivity contribution is 5.70. The summed E-state index contributed by atoms with van der Waals surface area (Å²) in [5, 5.41) is 3.38. The fourth-order valence-corrected chi connectivity index (χ4v) is 3.16. The summed E-state index contributed by atoms with van der Waals surface area (Å²) in [6.07, 6.45) is 4.19. The van der Waals surface area contributed by atoms with E-state index >= 15 is 0 Å². The fourth-order valence-electron chi connectivity index (χ4n) is 3.16. The lowest BCUT2D eigenvalue weighted by atomic mass is 9.75. The van der Waals surface area contributed by atoms with Gasteiger partial charge < -0.3 is 16.0 Å². The Kier molecular flexibility index (Phi) is 3.21. The summed E-state index contributed by atoms with van der Waals surface area (Å²) in [5.74, 6) is 0.981. The van der Waals surface area contributed by atoms with E-state index in [1.54, 1.807) is 0 Å². The summed E-state index contributed by atoms with van der Waals surface area (Å²) in [4.78, 5) is 26.2. The van der Waals surface area contributed by atoms with Crippen molar-refractivity contribution < 1.29 is 0 Å². The van der Waals surface area contributed by atoms with Crippen LogP contribution in [0.4, 0.5) is 5.95 Å². The van der Waals surface area contributed by atoms with E-state index in [0.717, 1.165) is 44.6 Å². The average Bonchev–Trinajstić information content (AvgIpc) is 2.85. The zero-order valence-corrected chi connectivity index (χ0v) is 11.6. The number of piperidine rings is 1. The van der Waals surface area contributed by atoms with Crippen molar-refractivity contribution in [2.24, 2.45) is 0 Å². The van der Waals surface area contributed by atoms with Crippen LogP contribution >= 0.6 is 0 Å². The molecular formula is C13H20N6O. The van der Waals surface area contributed by atoms with Crippen LogP contribution in [-0.2, 0) is 5.41 Å². The Hall–Kier alpha value is -1.89. The van der Waals surface area contributed by atoms with E-state index in [0.29, 0.717) is 11.2 Å². The second kappa shape index (κ2) is 4.90. The predicted octanol–water partition coefficient (Wildman–Crippen LogP) is 0.650. The van der Waals surface area contributed by atoms with Gasteiger partial charge in [-0.25, -0.2) is 4.98 Å². The summed E-state index contributed by atoms with van der Waals surface area (Å²) in [6.45, 7) is 4.13. The topological polar surface area (TPSA) is 112 Å². The molecule has 1 saturated heterocycles. The fraction of sp³-hybridized carbons (Fsp3) is 0.615. The highest BCUT2D eigenvalue weighted by Crippen LogP contribution is 2.36. The van der Waals surface area contributed by atoms with E-state index in [2.05, 4.69) is 32.2 Å². The number of rotatable bonds is 3. The molecule has 0 aliphatic carbocycles. The lowest BCUT2D eigenvalue weighted by Gasteiger charge is -2.35. The molecule has 0 amide bonds. The average molecular weight is 276 g/mol. The lowest BCUT2D eigenvalue weighted by molar-refractivity contribution is 0.273. The maximum absolute atomic E-state index is 11.9. The van der Waals surface area contributed by atoms with Gasteiger partial charge in [0.15, 0.2) is 11.2 Å². The number of aromatic amines is 2.